The molecule has 1 amide bonds. The number of carbonyl (C=O) groups is 2. The Morgan fingerprint density at radius 3 is 2.61 bits per heavy atom. The molecular formula is C21H30N2O5. The molecule has 7 nitrogen and oxygen atoms in total. The number of hydrogen-bond acceptors (Lipinski definition) is 6. The van der Waals surface area contributed by atoms with E-state index in [1.54, 1.807) is 6.20 Å². The highest BCUT2D eigenvalue weighted by molar-refractivity contribution is 5.98. The summed E-state index contributed by atoms with van der Waals surface area (Å²) < 4.78 is 16.5. The monoisotopic (exact) mass is 390 g/mol. The molecule has 1 aromatic rings. The third-order valence-electron chi connectivity index (χ3n) is 5.72. The number of nitrogens with zero attached hydrogens (tertiary/aromatic N) is 1. The fourth-order valence-corrected chi connectivity index (χ4v) is 3.58. The normalized spacial score (nSPS) is 19.3. The van der Waals surface area contributed by atoms with Gasteiger partial charge in [0.05, 0.1) is 13.2 Å². The predicted molar refractivity (Wildman–Crippen MR) is 103 cm³/mol. The van der Waals surface area contributed by atoms with Crippen LogP contribution in [0.2, 0.25) is 0 Å². The number of esters is 1. The molecule has 1 saturated heterocycles. The summed E-state index contributed by atoms with van der Waals surface area (Å²) in [6, 6.07) is 1.91. The molecule has 0 bridgehead atoms. The number of hydrogen-bond donors (Lipinski definition) is 1. The lowest BCUT2D eigenvalue weighted by Crippen LogP contribution is -2.54. The summed E-state index contributed by atoms with van der Waals surface area (Å²) in [7, 11) is 1.33. The minimum absolute atomic E-state index is 0.0425. The van der Waals surface area contributed by atoms with Gasteiger partial charge in [-0.3, -0.25) is 4.79 Å². The van der Waals surface area contributed by atoms with E-state index in [4.69, 9.17) is 14.2 Å². The number of nitrogens with one attached hydrogen (secondary N) is 1. The van der Waals surface area contributed by atoms with E-state index < -0.39 is 17.4 Å². The number of aromatic nitrogens is 1. The topological polar surface area (TPSA) is 86.8 Å². The second-order valence-corrected chi connectivity index (χ2v) is 7.57. The van der Waals surface area contributed by atoms with Crippen LogP contribution in [0.3, 0.4) is 0 Å². The Bertz CT molecular complexity index is 707. The van der Waals surface area contributed by atoms with E-state index in [1.165, 1.54) is 7.11 Å². The molecule has 2 aliphatic rings. The molecule has 0 radical (unpaired) electrons. The molecule has 0 spiro atoms. The van der Waals surface area contributed by atoms with Gasteiger partial charge in [-0.25, -0.2) is 9.78 Å². The average Bonchev–Trinajstić information content (AvgIpc) is 3.45. The fraction of sp³-hybridized carbons (Fsp3) is 0.667. The molecule has 1 aromatic heterocycles. The molecule has 7 heteroatoms. The molecule has 2 heterocycles. The van der Waals surface area contributed by atoms with Crippen LogP contribution in [0.25, 0.3) is 0 Å². The minimum atomic E-state index is -1.07. The van der Waals surface area contributed by atoms with Gasteiger partial charge in [0.15, 0.2) is 11.4 Å². The summed E-state index contributed by atoms with van der Waals surface area (Å²) in [6.45, 7) is 4.83. The molecule has 154 valence electrons. The Morgan fingerprint density at radius 2 is 2.04 bits per heavy atom. The van der Waals surface area contributed by atoms with E-state index in [9.17, 15) is 9.59 Å². The van der Waals surface area contributed by atoms with Crippen molar-refractivity contribution in [3.8, 4) is 5.75 Å². The van der Waals surface area contributed by atoms with Crippen molar-refractivity contribution in [2.24, 2.45) is 0 Å². The molecule has 1 unspecified atom stereocenters. The number of pyridine rings is 1. The Morgan fingerprint density at radius 1 is 1.29 bits per heavy atom. The van der Waals surface area contributed by atoms with E-state index in [0.29, 0.717) is 31.1 Å². The van der Waals surface area contributed by atoms with Gasteiger partial charge >= 0.3 is 5.97 Å². The maximum absolute atomic E-state index is 13.0. The van der Waals surface area contributed by atoms with Crippen molar-refractivity contribution in [3.05, 3.63) is 23.5 Å². The second kappa shape index (κ2) is 8.90. The zero-order valence-corrected chi connectivity index (χ0v) is 17.0. The van der Waals surface area contributed by atoms with Gasteiger partial charge < -0.3 is 19.5 Å². The molecule has 1 saturated carbocycles. The van der Waals surface area contributed by atoms with E-state index >= 15 is 0 Å². The number of rotatable bonds is 9. The van der Waals surface area contributed by atoms with E-state index in [0.717, 1.165) is 37.9 Å². The lowest BCUT2D eigenvalue weighted by atomic mass is 9.92. The molecule has 2 fully saturated rings. The summed E-state index contributed by atoms with van der Waals surface area (Å²) in [4.78, 5) is 29.7. The summed E-state index contributed by atoms with van der Waals surface area (Å²) in [5.74, 6) is 0.0552. The van der Waals surface area contributed by atoms with Crippen LogP contribution in [-0.2, 0) is 14.3 Å². The Kier molecular flexibility index (Phi) is 6.54. The molecule has 1 aliphatic carbocycles. The lowest BCUT2D eigenvalue weighted by Gasteiger charge is -2.29. The maximum Gasteiger partial charge on any atom is 0.331 e. The Balaban J connectivity index is 1.81. The van der Waals surface area contributed by atoms with Crippen LogP contribution in [0, 0.1) is 0 Å². The van der Waals surface area contributed by atoms with Crippen molar-refractivity contribution >= 4 is 11.9 Å². The summed E-state index contributed by atoms with van der Waals surface area (Å²) in [6.07, 6.45) is 6.88. The second-order valence-electron chi connectivity index (χ2n) is 7.57. The molecule has 1 aliphatic heterocycles. The first-order valence-electron chi connectivity index (χ1n) is 10.2. The molecule has 28 heavy (non-hydrogen) atoms. The highest BCUT2D eigenvalue weighted by atomic mass is 16.5. The fourth-order valence-electron chi connectivity index (χ4n) is 3.58. The maximum atomic E-state index is 13.0. The van der Waals surface area contributed by atoms with Gasteiger partial charge in [-0.1, -0.05) is 13.8 Å². The van der Waals surface area contributed by atoms with Gasteiger partial charge in [0.2, 0.25) is 0 Å². The first-order valence-corrected chi connectivity index (χ1v) is 10.2. The predicted octanol–water partition coefficient (Wildman–Crippen LogP) is 2.98. The number of methoxy groups -OCH3 is 1. The molecular weight excluding hydrogens is 360 g/mol. The molecule has 1 N–H and O–H groups in total. The lowest BCUT2D eigenvalue weighted by molar-refractivity contribution is -0.148. The minimum Gasteiger partial charge on any atom is -0.488 e. The van der Waals surface area contributed by atoms with Gasteiger partial charge in [0.25, 0.3) is 5.91 Å². The molecule has 0 aromatic carbocycles. The van der Waals surface area contributed by atoms with Crippen LogP contribution in [0.5, 0.6) is 5.75 Å². The van der Waals surface area contributed by atoms with Gasteiger partial charge in [-0.15, -0.1) is 0 Å². The van der Waals surface area contributed by atoms with Crippen LogP contribution in [0.15, 0.2) is 12.3 Å². The quantitative estimate of drug-likeness (QED) is 0.653. The van der Waals surface area contributed by atoms with Crippen LogP contribution in [0.4, 0.5) is 0 Å². The highest BCUT2D eigenvalue weighted by Crippen LogP contribution is 2.41. The smallest absolute Gasteiger partial charge is 0.331 e. The van der Waals surface area contributed by atoms with Crippen molar-refractivity contribution in [2.75, 3.05) is 20.3 Å². The standard InChI is InChI=1S/C21H30N2O5/c1-4-21(5-2,20(25)26-3)23-19(24)18-17(28-13-16-7-6-10-27-16)11-15(12-22-18)14-8-9-14/h11-12,14,16H,4-10,13H2,1-3H3,(H,23,24). The number of carbonyl (C=O) groups excluding carboxylic acids is 2. The number of amides is 1. The molecule has 1 atom stereocenters. The van der Waals surface area contributed by atoms with E-state index in [-0.39, 0.29) is 11.8 Å². The SMILES string of the molecule is CCC(CC)(NC(=O)c1ncc(C2CC2)cc1OCC1CCCO1)C(=O)OC. The van der Waals surface area contributed by atoms with Crippen LogP contribution in [-0.4, -0.2) is 48.8 Å². The Labute approximate surface area is 166 Å². The summed E-state index contributed by atoms with van der Waals surface area (Å²) in [5, 5.41) is 2.84. The Hall–Kier alpha value is -2.15. The third kappa shape index (κ3) is 4.46. The van der Waals surface area contributed by atoms with E-state index in [2.05, 4.69) is 10.3 Å². The van der Waals surface area contributed by atoms with Gasteiger partial charge in [-0.2, -0.15) is 0 Å². The van der Waals surface area contributed by atoms with Crippen molar-refractivity contribution in [2.45, 2.75) is 69.9 Å². The van der Waals surface area contributed by atoms with Gasteiger partial charge in [0.1, 0.15) is 12.1 Å². The number of ether oxygens (including phenoxy) is 3. The molecule has 3 rings (SSSR count). The van der Waals surface area contributed by atoms with Gasteiger partial charge in [0, 0.05) is 12.8 Å². The van der Waals surface area contributed by atoms with Crippen molar-refractivity contribution in [3.63, 3.8) is 0 Å². The van der Waals surface area contributed by atoms with E-state index in [1.807, 2.05) is 19.9 Å². The van der Waals surface area contributed by atoms with Crippen LogP contribution < -0.4 is 10.1 Å². The van der Waals surface area contributed by atoms with Gasteiger partial charge in [-0.05, 0) is 56.1 Å². The van der Waals surface area contributed by atoms with Crippen molar-refractivity contribution < 1.29 is 23.8 Å². The summed E-state index contributed by atoms with van der Waals surface area (Å²) in [5.41, 5.74) is 0.204. The zero-order valence-electron chi connectivity index (χ0n) is 17.0. The van der Waals surface area contributed by atoms with Crippen molar-refractivity contribution in [1.29, 1.82) is 0 Å². The summed E-state index contributed by atoms with van der Waals surface area (Å²) >= 11 is 0. The van der Waals surface area contributed by atoms with Crippen LogP contribution >= 0.6 is 0 Å². The van der Waals surface area contributed by atoms with Crippen molar-refractivity contribution in [1.82, 2.24) is 10.3 Å². The third-order valence-corrected chi connectivity index (χ3v) is 5.72. The first kappa shape index (κ1) is 20.6. The largest absolute Gasteiger partial charge is 0.488 e. The van der Waals surface area contributed by atoms with Crippen LogP contribution in [0.1, 0.15) is 74.3 Å². The average molecular weight is 390 g/mol. The zero-order chi connectivity index (χ0) is 20.1. The highest BCUT2D eigenvalue weighted by Gasteiger charge is 2.39. The first-order chi connectivity index (χ1) is 13.5.